The molecule has 0 aliphatic carbocycles. The van der Waals surface area contributed by atoms with E-state index in [-0.39, 0.29) is 0 Å². The standard InChI is InChI=1S/C10H15B/c1-8(2)10-5-3-9(7-11)4-6-10/h3-6,8H,7,11H2,1-2H3/i11D. The highest BCUT2D eigenvalue weighted by atomic mass is 14.0. The zero-order valence-electron chi connectivity index (χ0n) is 8.30. The molecular weight excluding hydrogens is 131 g/mol. The Bertz CT molecular complexity index is 228. The molecule has 0 N–H and O–H groups in total. The molecule has 1 aromatic rings. The molecule has 0 amide bonds. The van der Waals surface area contributed by atoms with E-state index in [1.807, 2.05) is 0 Å². The van der Waals surface area contributed by atoms with Crippen LogP contribution < -0.4 is 0 Å². The molecule has 1 heteroatoms. The highest BCUT2D eigenvalue weighted by Gasteiger charge is 1.96. The minimum absolute atomic E-state index is 0.487. The third kappa shape index (κ3) is 2.11. The maximum atomic E-state index is 7.08. The van der Waals surface area contributed by atoms with Crippen molar-refractivity contribution in [2.75, 3.05) is 0 Å². The molecule has 0 aromatic heterocycles. The van der Waals surface area contributed by atoms with Gasteiger partial charge in [0.1, 0.15) is 7.81 Å². The predicted octanol–water partition coefficient (Wildman–Crippen LogP) is 1.94. The van der Waals surface area contributed by atoms with Crippen molar-refractivity contribution >= 4 is 7.81 Å². The Balaban J connectivity index is 2.71. The molecule has 58 valence electrons. The minimum atomic E-state index is 0.487. The van der Waals surface area contributed by atoms with Crippen molar-refractivity contribution in [3.63, 3.8) is 0 Å². The Labute approximate surface area is 71.4 Å². The Morgan fingerprint density at radius 2 is 2.00 bits per heavy atom. The van der Waals surface area contributed by atoms with Crippen LogP contribution in [-0.4, -0.2) is 9.15 Å². The molecule has 0 fully saturated rings. The lowest BCUT2D eigenvalue weighted by atomic mass is 9.94. The summed E-state index contributed by atoms with van der Waals surface area (Å²) in [5.41, 5.74) is 2.65. The summed E-state index contributed by atoms with van der Waals surface area (Å²) in [6.45, 7) is 4.39. The van der Waals surface area contributed by atoms with Crippen molar-refractivity contribution < 1.29 is 0 Å². The molecule has 1 rings (SSSR count). The summed E-state index contributed by atoms with van der Waals surface area (Å²) >= 11 is 0. The first-order chi connectivity index (χ1) is 5.74. The number of rotatable bonds is 3. The van der Waals surface area contributed by atoms with Gasteiger partial charge in [-0.1, -0.05) is 50.0 Å². The van der Waals surface area contributed by atoms with E-state index in [0.717, 1.165) is 6.32 Å². The number of hydrogen-bond donors (Lipinski definition) is 0. The smallest absolute Gasteiger partial charge is 0.0595 e. The Hall–Kier alpha value is -0.715. The van der Waals surface area contributed by atoms with Gasteiger partial charge < -0.3 is 0 Å². The maximum absolute atomic E-state index is 7.08. The van der Waals surface area contributed by atoms with Gasteiger partial charge in [0.2, 0.25) is 0 Å². The van der Waals surface area contributed by atoms with E-state index in [2.05, 4.69) is 38.1 Å². The van der Waals surface area contributed by atoms with Crippen molar-refractivity contribution in [1.82, 2.24) is 0 Å². The van der Waals surface area contributed by atoms with Gasteiger partial charge in [-0.2, -0.15) is 0 Å². The van der Waals surface area contributed by atoms with Crippen LogP contribution in [0.15, 0.2) is 24.3 Å². The van der Waals surface area contributed by atoms with Gasteiger partial charge in [0.05, 0.1) is 0 Å². The van der Waals surface area contributed by atoms with Crippen LogP contribution >= 0.6 is 0 Å². The monoisotopic (exact) mass is 147 g/mol. The van der Waals surface area contributed by atoms with Crippen LogP contribution in [0.25, 0.3) is 0 Å². The first-order valence-electron chi connectivity index (χ1n) is 4.83. The van der Waals surface area contributed by atoms with E-state index < -0.39 is 0 Å². The fraction of sp³-hybridized carbons (Fsp3) is 0.400. The van der Waals surface area contributed by atoms with Crippen molar-refractivity contribution in [3.05, 3.63) is 35.4 Å². The van der Waals surface area contributed by atoms with Gasteiger partial charge in [-0.3, -0.25) is 0 Å². The molecule has 0 bridgehead atoms. The molecule has 0 nitrogen and oxygen atoms in total. The van der Waals surface area contributed by atoms with E-state index in [1.54, 1.807) is 0 Å². The molecule has 0 saturated carbocycles. The van der Waals surface area contributed by atoms with Crippen LogP contribution in [0.4, 0.5) is 0 Å². The minimum Gasteiger partial charge on any atom is -0.0595 e. The molecule has 1 aromatic carbocycles. The first kappa shape index (κ1) is 6.96. The highest BCUT2D eigenvalue weighted by molar-refractivity contribution is 6.08. The van der Waals surface area contributed by atoms with Crippen molar-refractivity contribution in [2.45, 2.75) is 26.1 Å². The Kier molecular flexibility index (Phi) is 2.29. The second kappa shape index (κ2) is 3.61. The summed E-state index contributed by atoms with van der Waals surface area (Å²) < 4.78 is 7.08. The second-order valence-electron chi connectivity index (χ2n) is 3.15. The van der Waals surface area contributed by atoms with Crippen molar-refractivity contribution in [3.8, 4) is 0 Å². The average molecular weight is 147 g/mol. The third-order valence-corrected chi connectivity index (χ3v) is 1.94. The highest BCUT2D eigenvalue weighted by Crippen LogP contribution is 2.14. The zero-order valence-corrected chi connectivity index (χ0v) is 7.30. The van der Waals surface area contributed by atoms with Crippen molar-refractivity contribution in [1.29, 1.82) is 1.34 Å². The summed E-state index contributed by atoms with van der Waals surface area (Å²) in [5.74, 6) is 0.607. The lowest BCUT2D eigenvalue weighted by Crippen LogP contribution is -1.88. The Morgan fingerprint density at radius 3 is 2.45 bits per heavy atom. The van der Waals surface area contributed by atoms with Crippen LogP contribution in [0.2, 0.25) is 0 Å². The average Bonchev–Trinajstić information content (AvgIpc) is 2.06. The molecule has 0 aliphatic rings. The summed E-state index contributed by atoms with van der Waals surface area (Å²) in [5, 5.41) is 0. The van der Waals surface area contributed by atoms with Crippen LogP contribution in [0, 0.1) is 0 Å². The van der Waals surface area contributed by atoms with Gasteiger partial charge in [0.15, 0.2) is 0 Å². The lowest BCUT2D eigenvalue weighted by Gasteiger charge is -2.04. The van der Waals surface area contributed by atoms with Gasteiger partial charge >= 0.3 is 0 Å². The summed E-state index contributed by atoms with van der Waals surface area (Å²) in [6.07, 6.45) is 0.873. The third-order valence-electron chi connectivity index (χ3n) is 1.94. The maximum Gasteiger partial charge on any atom is 0.107 e. The quantitative estimate of drug-likeness (QED) is 0.573. The summed E-state index contributed by atoms with van der Waals surface area (Å²) in [6, 6.07) is 8.58. The second-order valence-corrected chi connectivity index (χ2v) is 3.15. The van der Waals surface area contributed by atoms with Gasteiger partial charge in [-0.05, 0) is 12.8 Å². The molecular formula is C10H15B. The summed E-state index contributed by atoms with van der Waals surface area (Å²) in [7, 11) is 0.487. The van der Waals surface area contributed by atoms with E-state index in [4.69, 9.17) is 1.34 Å². The van der Waals surface area contributed by atoms with E-state index in [9.17, 15) is 0 Å². The molecule has 11 heavy (non-hydrogen) atoms. The van der Waals surface area contributed by atoms with Crippen LogP contribution in [-0.2, 0) is 6.32 Å². The SMILES string of the molecule is [2H]BCc1ccc(C(C)C)cc1. The topological polar surface area (TPSA) is 0 Å². The number of hydrogen-bond acceptors (Lipinski definition) is 0. The van der Waals surface area contributed by atoms with Crippen LogP contribution in [0.1, 0.15) is 30.9 Å². The van der Waals surface area contributed by atoms with Crippen LogP contribution in [0.3, 0.4) is 0 Å². The molecule has 0 saturated heterocycles. The zero-order chi connectivity index (χ0) is 8.97. The van der Waals surface area contributed by atoms with E-state index >= 15 is 0 Å². The van der Waals surface area contributed by atoms with E-state index in [0.29, 0.717) is 13.7 Å². The number of benzene rings is 1. The molecule has 0 spiro atoms. The van der Waals surface area contributed by atoms with Gasteiger partial charge in [0, 0.05) is 0 Å². The van der Waals surface area contributed by atoms with Gasteiger partial charge in [-0.25, -0.2) is 0 Å². The lowest BCUT2D eigenvalue weighted by molar-refractivity contribution is 0.866. The summed E-state index contributed by atoms with van der Waals surface area (Å²) in [4.78, 5) is 0. The fourth-order valence-electron chi connectivity index (χ4n) is 1.07. The van der Waals surface area contributed by atoms with E-state index in [1.165, 1.54) is 11.1 Å². The largest absolute Gasteiger partial charge is 0.107 e. The first-order valence-corrected chi connectivity index (χ1v) is 4.12. The van der Waals surface area contributed by atoms with Gasteiger partial charge in [0.25, 0.3) is 0 Å². The molecule has 0 atom stereocenters. The normalized spacial score (nSPS) is 11.4. The van der Waals surface area contributed by atoms with Crippen LogP contribution in [0.5, 0.6) is 0 Å². The van der Waals surface area contributed by atoms with Gasteiger partial charge in [-0.15, -0.1) is 0 Å². The molecule has 0 unspecified atom stereocenters. The Morgan fingerprint density at radius 1 is 1.36 bits per heavy atom. The van der Waals surface area contributed by atoms with Crippen molar-refractivity contribution in [2.24, 2.45) is 0 Å². The fourth-order valence-corrected chi connectivity index (χ4v) is 1.07. The molecule has 0 heterocycles. The predicted molar refractivity (Wildman–Crippen MR) is 52.8 cm³/mol. The molecule has 0 radical (unpaired) electrons. The molecule has 0 aliphatic heterocycles.